The summed E-state index contributed by atoms with van der Waals surface area (Å²) in [6.07, 6.45) is 0. The lowest BCUT2D eigenvalue weighted by Gasteiger charge is -2.12. The lowest BCUT2D eigenvalue weighted by atomic mass is 10.0. The van der Waals surface area contributed by atoms with Crippen LogP contribution in [0.2, 0.25) is 0 Å². The van der Waals surface area contributed by atoms with Gasteiger partial charge in [0.15, 0.2) is 5.82 Å². The number of anilines is 2. The Kier molecular flexibility index (Phi) is 6.46. The highest BCUT2D eigenvalue weighted by Gasteiger charge is 2.19. The molecule has 0 saturated heterocycles. The molecule has 10 heteroatoms. The second-order valence-corrected chi connectivity index (χ2v) is 10.5. The van der Waals surface area contributed by atoms with Crippen LogP contribution in [-0.2, 0) is 17.1 Å². The molecule has 0 atom stereocenters. The summed E-state index contributed by atoms with van der Waals surface area (Å²) in [5.41, 5.74) is 1.77. The number of carbonyl (C=O) groups excluding carboxylic acids is 1. The molecule has 0 fully saturated rings. The number of aryl methyl sites for hydroxylation is 1. The topological polar surface area (TPSA) is 80.2 Å². The van der Waals surface area contributed by atoms with Crippen molar-refractivity contribution in [2.45, 2.75) is 6.92 Å². The summed E-state index contributed by atoms with van der Waals surface area (Å²) in [7, 11) is -1.80. The van der Waals surface area contributed by atoms with E-state index in [4.69, 9.17) is 0 Å². The van der Waals surface area contributed by atoms with E-state index < -0.39 is 27.6 Å². The maximum absolute atomic E-state index is 14.8. The van der Waals surface area contributed by atoms with Gasteiger partial charge < -0.3 is 9.88 Å². The number of fused-ring (bicyclic) bond motifs is 1. The molecule has 0 aliphatic heterocycles. The number of nitrogens with zero attached hydrogens (tertiary/aromatic N) is 1. The number of amides is 1. The van der Waals surface area contributed by atoms with Crippen molar-refractivity contribution in [3.63, 3.8) is 0 Å². The van der Waals surface area contributed by atoms with Gasteiger partial charge in [-0.3, -0.25) is 9.52 Å². The first-order chi connectivity index (χ1) is 16.1. The zero-order chi connectivity index (χ0) is 24.6. The maximum Gasteiger partial charge on any atom is 0.272 e. The van der Waals surface area contributed by atoms with Gasteiger partial charge in [0, 0.05) is 18.0 Å². The van der Waals surface area contributed by atoms with E-state index in [2.05, 4.69) is 26.0 Å². The van der Waals surface area contributed by atoms with E-state index in [1.165, 1.54) is 25.1 Å². The fourth-order valence-electron chi connectivity index (χ4n) is 3.58. The Morgan fingerprint density at radius 1 is 1.06 bits per heavy atom. The van der Waals surface area contributed by atoms with Gasteiger partial charge in [-0.15, -0.1) is 0 Å². The van der Waals surface area contributed by atoms with E-state index in [0.29, 0.717) is 22.2 Å². The quantitative estimate of drug-likeness (QED) is 0.315. The SMILES string of the molecule is CCS(=O)(=O)Nc1ccc2cc(C(=O)Nc3cc(-c4ccccc4F)cc(Br)c3F)n(C)c2c1. The second-order valence-electron chi connectivity index (χ2n) is 7.62. The normalized spacial score (nSPS) is 11.6. The maximum atomic E-state index is 14.8. The van der Waals surface area contributed by atoms with Gasteiger partial charge in [-0.05, 0) is 64.8 Å². The van der Waals surface area contributed by atoms with Crippen LogP contribution in [0.4, 0.5) is 20.2 Å². The smallest absolute Gasteiger partial charge is 0.272 e. The van der Waals surface area contributed by atoms with Gasteiger partial charge in [-0.1, -0.05) is 24.3 Å². The number of hydrogen-bond donors (Lipinski definition) is 2. The zero-order valence-corrected chi connectivity index (χ0v) is 20.6. The molecule has 34 heavy (non-hydrogen) atoms. The van der Waals surface area contributed by atoms with Crippen LogP contribution in [0.15, 0.2) is 65.1 Å². The van der Waals surface area contributed by atoms with E-state index in [-0.39, 0.29) is 27.2 Å². The number of benzene rings is 3. The van der Waals surface area contributed by atoms with Crippen LogP contribution < -0.4 is 10.0 Å². The molecule has 1 aromatic heterocycles. The van der Waals surface area contributed by atoms with Crippen molar-refractivity contribution in [1.82, 2.24) is 4.57 Å². The highest BCUT2D eigenvalue weighted by atomic mass is 79.9. The minimum atomic E-state index is -3.45. The van der Waals surface area contributed by atoms with Crippen LogP contribution in [0.25, 0.3) is 22.0 Å². The molecule has 4 rings (SSSR count). The number of halogens is 3. The van der Waals surface area contributed by atoms with Gasteiger partial charge in [0.1, 0.15) is 11.5 Å². The summed E-state index contributed by atoms with van der Waals surface area (Å²) in [4.78, 5) is 13.0. The van der Waals surface area contributed by atoms with Crippen molar-refractivity contribution in [3.8, 4) is 11.1 Å². The van der Waals surface area contributed by atoms with Crippen molar-refractivity contribution in [2.24, 2.45) is 7.05 Å². The van der Waals surface area contributed by atoms with Gasteiger partial charge in [0.2, 0.25) is 10.0 Å². The molecule has 1 amide bonds. The Morgan fingerprint density at radius 3 is 2.50 bits per heavy atom. The van der Waals surface area contributed by atoms with Crippen molar-refractivity contribution < 1.29 is 22.0 Å². The lowest BCUT2D eigenvalue weighted by Crippen LogP contribution is -2.16. The van der Waals surface area contributed by atoms with Gasteiger partial charge in [-0.2, -0.15) is 0 Å². The Balaban J connectivity index is 1.68. The first-order valence-electron chi connectivity index (χ1n) is 10.2. The summed E-state index contributed by atoms with van der Waals surface area (Å²) in [6, 6.07) is 15.4. The van der Waals surface area contributed by atoms with Crippen LogP contribution in [0.1, 0.15) is 17.4 Å². The van der Waals surface area contributed by atoms with Crippen LogP contribution in [0.5, 0.6) is 0 Å². The minimum absolute atomic E-state index is 0.0705. The Hall–Kier alpha value is -3.24. The van der Waals surface area contributed by atoms with Crippen molar-refractivity contribution in [3.05, 3.63) is 82.5 Å². The molecule has 0 unspecified atom stereocenters. The van der Waals surface area contributed by atoms with Gasteiger partial charge >= 0.3 is 0 Å². The first-order valence-corrected chi connectivity index (χ1v) is 12.7. The molecule has 1 heterocycles. The monoisotopic (exact) mass is 547 g/mol. The molecule has 0 aliphatic rings. The van der Waals surface area contributed by atoms with E-state index in [9.17, 15) is 22.0 Å². The van der Waals surface area contributed by atoms with Crippen LogP contribution in [0.3, 0.4) is 0 Å². The summed E-state index contributed by atoms with van der Waals surface area (Å²) in [6.45, 7) is 1.53. The fraction of sp³-hybridized carbons (Fsp3) is 0.125. The van der Waals surface area contributed by atoms with Crippen LogP contribution >= 0.6 is 15.9 Å². The highest BCUT2D eigenvalue weighted by molar-refractivity contribution is 9.10. The van der Waals surface area contributed by atoms with Crippen molar-refractivity contribution >= 4 is 54.1 Å². The molecule has 0 radical (unpaired) electrons. The number of sulfonamides is 1. The highest BCUT2D eigenvalue weighted by Crippen LogP contribution is 2.33. The number of carbonyl (C=O) groups is 1. The largest absolute Gasteiger partial charge is 0.340 e. The van der Waals surface area contributed by atoms with E-state index in [0.717, 1.165) is 0 Å². The molecule has 0 spiro atoms. The third kappa shape index (κ3) is 4.69. The van der Waals surface area contributed by atoms with E-state index >= 15 is 0 Å². The summed E-state index contributed by atoms with van der Waals surface area (Å²) >= 11 is 3.14. The molecule has 3 aromatic carbocycles. The molecular formula is C24H20BrF2N3O3S. The standard InChI is InChI=1S/C24H20BrF2N3O3S/c1-3-34(32,33)29-16-9-8-14-12-22(30(2)21(14)13-16)24(31)28-20-11-15(10-18(25)23(20)27)17-6-4-5-7-19(17)26/h4-13,29H,3H2,1-2H3,(H,28,31). The molecule has 0 saturated carbocycles. The third-order valence-corrected chi connectivity index (χ3v) is 7.28. The van der Waals surface area contributed by atoms with Gasteiger partial charge in [-0.25, -0.2) is 17.2 Å². The molecule has 4 aromatic rings. The predicted octanol–water partition coefficient (Wildman–Crippen LogP) is 5.90. The Morgan fingerprint density at radius 2 is 1.79 bits per heavy atom. The summed E-state index contributed by atoms with van der Waals surface area (Å²) < 4.78 is 56.9. The minimum Gasteiger partial charge on any atom is -0.340 e. The van der Waals surface area contributed by atoms with Crippen molar-refractivity contribution in [1.29, 1.82) is 0 Å². The molecule has 0 aliphatic carbocycles. The Labute approximate surface area is 203 Å². The predicted molar refractivity (Wildman–Crippen MR) is 133 cm³/mol. The fourth-order valence-corrected chi connectivity index (χ4v) is 4.67. The number of hydrogen-bond acceptors (Lipinski definition) is 3. The van der Waals surface area contributed by atoms with E-state index in [1.54, 1.807) is 54.1 Å². The molecule has 0 bridgehead atoms. The average Bonchev–Trinajstić information content (AvgIpc) is 3.13. The number of rotatable bonds is 6. The molecular weight excluding hydrogens is 528 g/mol. The van der Waals surface area contributed by atoms with Crippen LogP contribution in [0, 0.1) is 11.6 Å². The molecule has 6 nitrogen and oxygen atoms in total. The van der Waals surface area contributed by atoms with Gasteiger partial charge in [0.25, 0.3) is 5.91 Å². The zero-order valence-electron chi connectivity index (χ0n) is 18.2. The lowest BCUT2D eigenvalue weighted by molar-refractivity contribution is 0.101. The molecule has 2 N–H and O–H groups in total. The third-order valence-electron chi connectivity index (χ3n) is 5.39. The average molecular weight is 548 g/mol. The molecule has 176 valence electrons. The van der Waals surface area contributed by atoms with Gasteiger partial charge in [0.05, 0.1) is 27.1 Å². The van der Waals surface area contributed by atoms with E-state index in [1.807, 2.05) is 0 Å². The second kappa shape index (κ2) is 9.19. The Bertz CT molecular complexity index is 1530. The number of nitrogens with one attached hydrogen (secondary N) is 2. The van der Waals surface area contributed by atoms with Crippen molar-refractivity contribution in [2.75, 3.05) is 15.8 Å². The summed E-state index contributed by atoms with van der Waals surface area (Å²) in [5.74, 6) is -1.81. The summed E-state index contributed by atoms with van der Waals surface area (Å²) in [5, 5.41) is 3.26. The first kappa shape index (κ1) is 23.9. The number of aromatic nitrogens is 1. The van der Waals surface area contributed by atoms with Crippen LogP contribution in [-0.4, -0.2) is 24.6 Å².